The van der Waals surface area contributed by atoms with Gasteiger partial charge in [-0.1, -0.05) is 18.6 Å². The molecule has 2 aliphatic rings. The van der Waals surface area contributed by atoms with Gasteiger partial charge in [0.15, 0.2) is 0 Å². The molecule has 1 saturated heterocycles. The molecule has 1 N–H and O–H groups in total. The quantitative estimate of drug-likeness (QED) is 0.644. The molecule has 1 aromatic rings. The minimum atomic E-state index is 0.301. The SMILES string of the molecule is CC/C=C(C)/C=C(\NC)C1=Cc2nc(Cl)nc(N3CCOCC3)c2C1. The van der Waals surface area contributed by atoms with Gasteiger partial charge in [-0.3, -0.25) is 0 Å². The van der Waals surface area contributed by atoms with Crippen molar-refractivity contribution in [3.05, 3.63) is 45.5 Å². The summed E-state index contributed by atoms with van der Waals surface area (Å²) in [5, 5.41) is 3.62. The highest BCUT2D eigenvalue weighted by molar-refractivity contribution is 6.28. The highest BCUT2D eigenvalue weighted by Crippen LogP contribution is 2.34. The van der Waals surface area contributed by atoms with Crippen LogP contribution in [0.15, 0.2) is 29.0 Å². The van der Waals surface area contributed by atoms with Crippen LogP contribution in [0.2, 0.25) is 5.28 Å². The van der Waals surface area contributed by atoms with Crippen LogP contribution in [0.25, 0.3) is 6.08 Å². The molecule has 25 heavy (non-hydrogen) atoms. The maximum absolute atomic E-state index is 6.19. The standard InChI is InChI=1S/C19H25ClN4O/c1-4-5-13(2)10-16(21-3)14-11-15-17(12-14)22-19(20)23-18(15)24-6-8-25-9-7-24/h5,10,12,21H,4,6-9,11H2,1-3H3/b13-5+,16-10-. The van der Waals surface area contributed by atoms with E-state index in [1.807, 2.05) is 7.05 Å². The number of halogens is 1. The predicted octanol–water partition coefficient (Wildman–Crippen LogP) is 3.37. The van der Waals surface area contributed by atoms with E-state index in [1.165, 1.54) is 11.1 Å². The summed E-state index contributed by atoms with van der Waals surface area (Å²) in [7, 11) is 1.95. The number of likely N-dealkylation sites (N-methyl/N-ethyl adjacent to an activating group) is 1. The Morgan fingerprint density at radius 1 is 1.36 bits per heavy atom. The molecule has 5 nitrogen and oxygen atoms in total. The van der Waals surface area contributed by atoms with Gasteiger partial charge in [0.25, 0.3) is 0 Å². The molecule has 1 aliphatic heterocycles. The lowest BCUT2D eigenvalue weighted by Crippen LogP contribution is -2.37. The van der Waals surface area contributed by atoms with Gasteiger partial charge in [0.05, 0.1) is 18.9 Å². The van der Waals surface area contributed by atoms with E-state index in [0.29, 0.717) is 5.28 Å². The number of ether oxygens (including phenoxy) is 1. The number of hydrogen-bond acceptors (Lipinski definition) is 5. The second-order valence-electron chi connectivity index (χ2n) is 6.29. The zero-order chi connectivity index (χ0) is 17.8. The molecule has 0 unspecified atom stereocenters. The average molecular weight is 361 g/mol. The summed E-state index contributed by atoms with van der Waals surface area (Å²) in [4.78, 5) is 11.2. The number of nitrogens with zero attached hydrogens (tertiary/aromatic N) is 3. The van der Waals surface area contributed by atoms with Crippen molar-refractivity contribution in [1.29, 1.82) is 0 Å². The number of morpholine rings is 1. The lowest BCUT2D eigenvalue weighted by atomic mass is 10.1. The second kappa shape index (κ2) is 8.02. The van der Waals surface area contributed by atoms with Crippen LogP contribution in [0.4, 0.5) is 5.82 Å². The first kappa shape index (κ1) is 18.0. The van der Waals surface area contributed by atoms with E-state index in [0.717, 1.165) is 61.9 Å². The maximum atomic E-state index is 6.19. The molecule has 0 amide bonds. The molecule has 2 heterocycles. The van der Waals surface area contributed by atoms with Crippen LogP contribution in [0.3, 0.4) is 0 Å². The first-order chi connectivity index (χ1) is 12.1. The van der Waals surface area contributed by atoms with Gasteiger partial charge in [-0.2, -0.15) is 0 Å². The Morgan fingerprint density at radius 2 is 2.12 bits per heavy atom. The fraction of sp³-hybridized carbons (Fsp3) is 0.474. The Labute approximate surface area is 154 Å². The van der Waals surface area contributed by atoms with Gasteiger partial charge in [0.1, 0.15) is 5.82 Å². The molecule has 6 heteroatoms. The summed E-state index contributed by atoms with van der Waals surface area (Å²) in [5.41, 5.74) is 5.66. The van der Waals surface area contributed by atoms with E-state index in [2.05, 4.69) is 52.3 Å². The molecule has 1 fully saturated rings. The molecule has 0 radical (unpaired) electrons. The van der Waals surface area contributed by atoms with Gasteiger partial charge in [-0.15, -0.1) is 0 Å². The number of aromatic nitrogens is 2. The monoisotopic (exact) mass is 360 g/mol. The third-order valence-electron chi connectivity index (χ3n) is 4.49. The van der Waals surface area contributed by atoms with Crippen molar-refractivity contribution in [2.24, 2.45) is 0 Å². The van der Waals surface area contributed by atoms with E-state index < -0.39 is 0 Å². The molecule has 0 aromatic carbocycles. The summed E-state index contributed by atoms with van der Waals surface area (Å²) < 4.78 is 5.46. The van der Waals surface area contributed by atoms with E-state index in [9.17, 15) is 0 Å². The van der Waals surface area contributed by atoms with Crippen molar-refractivity contribution in [3.63, 3.8) is 0 Å². The van der Waals surface area contributed by atoms with Gasteiger partial charge >= 0.3 is 0 Å². The molecule has 134 valence electrons. The summed E-state index contributed by atoms with van der Waals surface area (Å²) >= 11 is 6.19. The molecular weight excluding hydrogens is 336 g/mol. The summed E-state index contributed by atoms with van der Waals surface area (Å²) in [5.74, 6) is 0.945. The van der Waals surface area contributed by atoms with Crippen LogP contribution in [-0.4, -0.2) is 43.3 Å². The van der Waals surface area contributed by atoms with Gasteiger partial charge in [-0.05, 0) is 42.7 Å². The molecule has 1 aliphatic carbocycles. The fourth-order valence-electron chi connectivity index (χ4n) is 3.30. The van der Waals surface area contributed by atoms with Crippen molar-refractivity contribution in [2.45, 2.75) is 26.7 Å². The Balaban J connectivity index is 1.92. The molecular formula is C19H25ClN4O. The van der Waals surface area contributed by atoms with Crippen molar-refractivity contribution >= 4 is 23.5 Å². The van der Waals surface area contributed by atoms with Crippen LogP contribution in [0, 0.1) is 0 Å². The second-order valence-corrected chi connectivity index (χ2v) is 6.63. The van der Waals surface area contributed by atoms with Gasteiger partial charge in [0, 0.05) is 37.8 Å². The highest BCUT2D eigenvalue weighted by atomic mass is 35.5. The zero-order valence-electron chi connectivity index (χ0n) is 15.1. The zero-order valence-corrected chi connectivity index (χ0v) is 15.9. The van der Waals surface area contributed by atoms with Crippen LogP contribution >= 0.6 is 11.6 Å². The van der Waals surface area contributed by atoms with E-state index in [4.69, 9.17) is 16.3 Å². The number of hydrogen-bond donors (Lipinski definition) is 1. The normalized spacial score (nSPS) is 18.2. The van der Waals surface area contributed by atoms with Crippen molar-refractivity contribution in [2.75, 3.05) is 38.3 Å². The minimum absolute atomic E-state index is 0.301. The summed E-state index contributed by atoms with van der Waals surface area (Å²) in [6, 6.07) is 0. The molecule has 1 aromatic heterocycles. The smallest absolute Gasteiger partial charge is 0.224 e. The Kier molecular flexibility index (Phi) is 5.76. The lowest BCUT2D eigenvalue weighted by Gasteiger charge is -2.29. The lowest BCUT2D eigenvalue weighted by molar-refractivity contribution is 0.122. The highest BCUT2D eigenvalue weighted by Gasteiger charge is 2.25. The Morgan fingerprint density at radius 3 is 2.80 bits per heavy atom. The van der Waals surface area contributed by atoms with Crippen LogP contribution in [0.1, 0.15) is 31.5 Å². The number of nitrogens with one attached hydrogen (secondary N) is 1. The van der Waals surface area contributed by atoms with E-state index >= 15 is 0 Å². The summed E-state index contributed by atoms with van der Waals surface area (Å²) in [6.45, 7) is 7.38. The van der Waals surface area contributed by atoms with Crippen molar-refractivity contribution in [3.8, 4) is 0 Å². The third-order valence-corrected chi connectivity index (χ3v) is 4.66. The van der Waals surface area contributed by atoms with Gasteiger partial charge in [0.2, 0.25) is 5.28 Å². The molecule has 0 bridgehead atoms. The van der Waals surface area contributed by atoms with Gasteiger partial charge in [-0.25, -0.2) is 9.97 Å². The van der Waals surface area contributed by atoms with Gasteiger partial charge < -0.3 is 15.0 Å². The molecule has 0 spiro atoms. The van der Waals surface area contributed by atoms with Crippen molar-refractivity contribution in [1.82, 2.24) is 15.3 Å². The summed E-state index contributed by atoms with van der Waals surface area (Å²) in [6.07, 6.45) is 8.36. The first-order valence-electron chi connectivity index (χ1n) is 8.78. The average Bonchev–Trinajstić information content (AvgIpc) is 3.03. The largest absolute Gasteiger partial charge is 0.388 e. The van der Waals surface area contributed by atoms with Crippen molar-refractivity contribution < 1.29 is 4.74 Å². The maximum Gasteiger partial charge on any atom is 0.224 e. The number of rotatable bonds is 5. The molecule has 3 rings (SSSR count). The molecule has 0 atom stereocenters. The Hall–Kier alpha value is -1.85. The Bertz CT molecular complexity index is 733. The minimum Gasteiger partial charge on any atom is -0.388 e. The molecule has 0 saturated carbocycles. The van der Waals surface area contributed by atoms with E-state index in [-0.39, 0.29) is 0 Å². The first-order valence-corrected chi connectivity index (χ1v) is 9.16. The topological polar surface area (TPSA) is 50.3 Å². The van der Waals surface area contributed by atoms with E-state index in [1.54, 1.807) is 0 Å². The van der Waals surface area contributed by atoms with Crippen LogP contribution < -0.4 is 10.2 Å². The predicted molar refractivity (Wildman–Crippen MR) is 103 cm³/mol. The van der Waals surface area contributed by atoms with Crippen LogP contribution in [0.5, 0.6) is 0 Å². The van der Waals surface area contributed by atoms with Crippen LogP contribution in [-0.2, 0) is 11.2 Å². The third kappa shape index (κ3) is 4.05. The number of anilines is 1. The number of allylic oxidation sites excluding steroid dienone is 4. The number of fused-ring (bicyclic) bond motifs is 1. The fourth-order valence-corrected chi connectivity index (χ4v) is 3.47.